The minimum atomic E-state index is -0.588. The number of piperidine rings is 1. The SMILES string of the molecule is O=c1[nH]nc(C2CCN(c3ccc(N=Cc4ccc([N+](=O)[O-])o4)cc3)CC2)o1. The Kier molecular flexibility index (Phi) is 4.75. The summed E-state index contributed by atoms with van der Waals surface area (Å²) in [5, 5.41) is 16.8. The molecule has 0 saturated carbocycles. The van der Waals surface area contributed by atoms with E-state index >= 15 is 0 Å². The summed E-state index contributed by atoms with van der Waals surface area (Å²) in [7, 11) is 0. The third-order valence-corrected chi connectivity index (χ3v) is 4.65. The van der Waals surface area contributed by atoms with Crippen molar-refractivity contribution in [2.24, 2.45) is 4.99 Å². The highest BCUT2D eigenvalue weighted by Crippen LogP contribution is 2.29. The van der Waals surface area contributed by atoms with Gasteiger partial charge in [0.25, 0.3) is 0 Å². The quantitative estimate of drug-likeness (QED) is 0.407. The van der Waals surface area contributed by atoms with E-state index in [4.69, 9.17) is 8.83 Å². The molecule has 3 heterocycles. The highest BCUT2D eigenvalue weighted by molar-refractivity contribution is 5.79. The molecule has 2 aromatic heterocycles. The predicted octanol–water partition coefficient (Wildman–Crippen LogP) is 3.00. The number of aromatic amines is 1. The van der Waals surface area contributed by atoms with Crippen LogP contribution in [0.15, 0.2) is 55.0 Å². The van der Waals surface area contributed by atoms with Crippen molar-refractivity contribution in [3.63, 3.8) is 0 Å². The summed E-state index contributed by atoms with van der Waals surface area (Å²) in [4.78, 5) is 27.6. The minimum absolute atomic E-state index is 0.149. The lowest BCUT2D eigenvalue weighted by atomic mass is 9.96. The molecule has 1 N–H and O–H groups in total. The van der Waals surface area contributed by atoms with E-state index in [0.29, 0.717) is 11.7 Å². The van der Waals surface area contributed by atoms with Gasteiger partial charge in [-0.2, -0.15) is 0 Å². The number of nitrogens with zero attached hydrogens (tertiary/aromatic N) is 4. The van der Waals surface area contributed by atoms with E-state index in [1.54, 1.807) is 0 Å². The Morgan fingerprint density at radius 1 is 1.18 bits per heavy atom. The number of hydrogen-bond donors (Lipinski definition) is 1. The molecule has 0 aliphatic carbocycles. The van der Waals surface area contributed by atoms with Gasteiger partial charge in [-0.05, 0) is 43.2 Å². The molecule has 0 radical (unpaired) electrons. The fourth-order valence-electron chi connectivity index (χ4n) is 3.20. The molecule has 28 heavy (non-hydrogen) atoms. The van der Waals surface area contributed by atoms with Gasteiger partial charge >= 0.3 is 11.6 Å². The molecular formula is C18H17N5O5. The second-order valence-corrected chi connectivity index (χ2v) is 6.42. The number of benzene rings is 1. The van der Waals surface area contributed by atoms with Crippen molar-refractivity contribution in [1.82, 2.24) is 10.2 Å². The minimum Gasteiger partial charge on any atom is -0.400 e. The fourth-order valence-corrected chi connectivity index (χ4v) is 3.20. The highest BCUT2D eigenvalue weighted by atomic mass is 16.6. The number of rotatable bonds is 5. The van der Waals surface area contributed by atoms with Gasteiger partial charge in [-0.3, -0.25) is 15.1 Å². The van der Waals surface area contributed by atoms with Gasteiger partial charge in [-0.15, -0.1) is 5.10 Å². The first kappa shape index (κ1) is 17.7. The van der Waals surface area contributed by atoms with Gasteiger partial charge in [-0.25, -0.2) is 9.89 Å². The molecule has 0 amide bonds. The van der Waals surface area contributed by atoms with Crippen LogP contribution in [-0.4, -0.2) is 34.4 Å². The molecule has 0 bridgehead atoms. The van der Waals surface area contributed by atoms with Crippen molar-refractivity contribution in [3.05, 3.63) is 68.7 Å². The van der Waals surface area contributed by atoms with Crippen molar-refractivity contribution >= 4 is 23.5 Å². The maximum absolute atomic E-state index is 11.1. The fraction of sp³-hybridized carbons (Fsp3) is 0.278. The first-order valence-electron chi connectivity index (χ1n) is 8.77. The van der Waals surface area contributed by atoms with E-state index in [1.807, 2.05) is 24.3 Å². The molecule has 1 aliphatic rings. The molecule has 3 aromatic rings. The lowest BCUT2D eigenvalue weighted by Crippen LogP contribution is -2.32. The van der Waals surface area contributed by atoms with E-state index < -0.39 is 10.7 Å². The van der Waals surface area contributed by atoms with Gasteiger partial charge in [-0.1, -0.05) is 0 Å². The summed E-state index contributed by atoms with van der Waals surface area (Å²) in [6.07, 6.45) is 3.15. The highest BCUT2D eigenvalue weighted by Gasteiger charge is 2.24. The van der Waals surface area contributed by atoms with Gasteiger partial charge < -0.3 is 13.7 Å². The Hall–Kier alpha value is -3.69. The van der Waals surface area contributed by atoms with Gasteiger partial charge in [0.05, 0.1) is 18.0 Å². The van der Waals surface area contributed by atoms with Crippen molar-refractivity contribution in [2.75, 3.05) is 18.0 Å². The van der Waals surface area contributed by atoms with Gasteiger partial charge in [0.2, 0.25) is 5.89 Å². The topological polar surface area (TPSA) is 131 Å². The molecule has 4 rings (SSSR count). The maximum Gasteiger partial charge on any atom is 0.434 e. The standard InChI is InChI=1S/C18H17N5O5/c24-18-21-20-17(28-18)12-7-9-22(10-8-12)14-3-1-13(2-4-14)19-11-15-5-6-16(27-15)23(25)26/h1-6,11-12H,7-10H2,(H,21,24). The third-order valence-electron chi connectivity index (χ3n) is 4.65. The lowest BCUT2D eigenvalue weighted by Gasteiger charge is -2.32. The number of hydrogen-bond acceptors (Lipinski definition) is 8. The van der Waals surface area contributed by atoms with Gasteiger partial charge in [0, 0.05) is 24.7 Å². The number of H-pyrrole nitrogens is 1. The molecule has 1 aromatic carbocycles. The molecule has 1 saturated heterocycles. The number of nitrogens with one attached hydrogen (secondary N) is 1. The van der Waals surface area contributed by atoms with Crippen LogP contribution in [0.4, 0.5) is 17.3 Å². The summed E-state index contributed by atoms with van der Waals surface area (Å²) in [5.41, 5.74) is 1.80. The molecule has 10 heteroatoms. The van der Waals surface area contributed by atoms with Crippen LogP contribution in [0.1, 0.15) is 30.4 Å². The Bertz CT molecular complexity index is 1040. The zero-order chi connectivity index (χ0) is 19.5. The second kappa shape index (κ2) is 7.51. The average molecular weight is 383 g/mol. The molecule has 1 fully saturated rings. The number of nitro groups is 1. The van der Waals surface area contributed by atoms with Crippen molar-refractivity contribution < 1.29 is 13.8 Å². The Labute approximate surface area is 158 Å². The van der Waals surface area contributed by atoms with Crippen LogP contribution >= 0.6 is 0 Å². The van der Waals surface area contributed by atoms with Crippen LogP contribution in [-0.2, 0) is 0 Å². The normalized spacial score (nSPS) is 15.4. The van der Waals surface area contributed by atoms with Crippen LogP contribution in [0.5, 0.6) is 0 Å². The number of aliphatic imine (C=N–C) groups is 1. The van der Waals surface area contributed by atoms with Gasteiger partial charge in [0.15, 0.2) is 5.76 Å². The smallest absolute Gasteiger partial charge is 0.400 e. The lowest BCUT2D eigenvalue weighted by molar-refractivity contribution is -0.402. The largest absolute Gasteiger partial charge is 0.434 e. The Morgan fingerprint density at radius 2 is 1.93 bits per heavy atom. The van der Waals surface area contributed by atoms with Crippen LogP contribution < -0.4 is 10.7 Å². The van der Waals surface area contributed by atoms with Crippen molar-refractivity contribution in [3.8, 4) is 0 Å². The Morgan fingerprint density at radius 3 is 2.54 bits per heavy atom. The predicted molar refractivity (Wildman–Crippen MR) is 100 cm³/mol. The zero-order valence-corrected chi connectivity index (χ0v) is 14.8. The third kappa shape index (κ3) is 3.85. The first-order valence-corrected chi connectivity index (χ1v) is 8.77. The van der Waals surface area contributed by atoms with Crippen LogP contribution in [0.2, 0.25) is 0 Å². The molecule has 0 unspecified atom stereocenters. The Balaban J connectivity index is 1.36. The van der Waals surface area contributed by atoms with Crippen LogP contribution in [0.3, 0.4) is 0 Å². The summed E-state index contributed by atoms with van der Waals surface area (Å²) >= 11 is 0. The summed E-state index contributed by atoms with van der Waals surface area (Å²) in [6, 6.07) is 10.5. The summed E-state index contributed by atoms with van der Waals surface area (Å²) in [5.74, 6) is 0.124. The van der Waals surface area contributed by atoms with E-state index in [-0.39, 0.29) is 11.8 Å². The van der Waals surface area contributed by atoms with Crippen LogP contribution in [0, 0.1) is 10.1 Å². The molecular weight excluding hydrogens is 366 g/mol. The van der Waals surface area contributed by atoms with E-state index in [2.05, 4.69) is 20.1 Å². The second-order valence-electron chi connectivity index (χ2n) is 6.42. The van der Waals surface area contributed by atoms with E-state index in [9.17, 15) is 14.9 Å². The molecule has 0 spiro atoms. The average Bonchev–Trinajstić information content (AvgIpc) is 3.36. The van der Waals surface area contributed by atoms with Gasteiger partial charge in [0.1, 0.15) is 4.92 Å². The van der Waals surface area contributed by atoms with Crippen molar-refractivity contribution in [1.29, 1.82) is 0 Å². The van der Waals surface area contributed by atoms with E-state index in [1.165, 1.54) is 18.3 Å². The molecule has 10 nitrogen and oxygen atoms in total. The summed E-state index contributed by atoms with van der Waals surface area (Å²) < 4.78 is 10.1. The summed E-state index contributed by atoms with van der Waals surface area (Å²) in [6.45, 7) is 1.67. The molecule has 144 valence electrons. The molecule has 0 atom stereocenters. The molecule has 1 aliphatic heterocycles. The number of aromatic nitrogens is 2. The monoisotopic (exact) mass is 383 g/mol. The van der Waals surface area contributed by atoms with Crippen molar-refractivity contribution in [2.45, 2.75) is 18.8 Å². The van der Waals surface area contributed by atoms with Crippen LogP contribution in [0.25, 0.3) is 0 Å². The zero-order valence-electron chi connectivity index (χ0n) is 14.8. The van der Waals surface area contributed by atoms with E-state index in [0.717, 1.165) is 37.3 Å². The number of anilines is 1. The first-order chi connectivity index (χ1) is 13.6. The maximum atomic E-state index is 11.1. The number of furan rings is 1.